The summed E-state index contributed by atoms with van der Waals surface area (Å²) in [5.41, 5.74) is 4.13. The van der Waals surface area contributed by atoms with E-state index in [2.05, 4.69) is 15.2 Å². The molecule has 130 valence electrons. The Bertz CT molecular complexity index is 953. The summed E-state index contributed by atoms with van der Waals surface area (Å²) in [5.74, 6) is 2.09. The second-order valence-electron chi connectivity index (χ2n) is 5.79. The first-order valence-electron chi connectivity index (χ1n) is 7.74. The maximum Gasteiger partial charge on any atom is 0.277 e. The summed E-state index contributed by atoms with van der Waals surface area (Å²) in [4.78, 5) is 5.10. The molecule has 1 atom stereocenters. The van der Waals surface area contributed by atoms with E-state index in [9.17, 15) is 4.21 Å². The second kappa shape index (κ2) is 6.03. The van der Waals surface area contributed by atoms with Gasteiger partial charge in [-0.2, -0.15) is 0 Å². The predicted molar refractivity (Wildman–Crippen MR) is 91.7 cm³/mol. The Balaban J connectivity index is 1.67. The fourth-order valence-corrected chi connectivity index (χ4v) is 4.32. The van der Waals surface area contributed by atoms with Crippen molar-refractivity contribution in [1.29, 1.82) is 0 Å². The van der Waals surface area contributed by atoms with Crippen LogP contribution >= 0.6 is 0 Å². The minimum absolute atomic E-state index is 0.144. The molecule has 0 aromatic carbocycles. The Labute approximate surface area is 147 Å². The van der Waals surface area contributed by atoms with Gasteiger partial charge in [0.1, 0.15) is 5.75 Å². The number of nitrogens with one attached hydrogen (secondary N) is 1. The molecule has 0 bridgehead atoms. The minimum Gasteiger partial charge on any atom is -0.496 e. The molecule has 0 fully saturated rings. The van der Waals surface area contributed by atoms with Gasteiger partial charge in [0.15, 0.2) is 5.75 Å². The Morgan fingerprint density at radius 3 is 2.96 bits per heavy atom. The van der Waals surface area contributed by atoms with Gasteiger partial charge in [-0.15, -0.1) is 5.10 Å². The fraction of sp³-hybridized carbons (Fsp3) is 0.294. The quantitative estimate of drug-likeness (QED) is 0.770. The summed E-state index contributed by atoms with van der Waals surface area (Å²) in [5, 5.41) is 7.04. The summed E-state index contributed by atoms with van der Waals surface area (Å²) in [7, 11) is 0.342. The fourth-order valence-electron chi connectivity index (χ4n) is 3.03. The Kier molecular flexibility index (Phi) is 3.84. The maximum atomic E-state index is 12.9. The van der Waals surface area contributed by atoms with Crippen LogP contribution in [0.2, 0.25) is 0 Å². The molecule has 1 N–H and O–H groups in total. The highest BCUT2D eigenvalue weighted by atomic mass is 32.2. The molecule has 3 aliphatic rings. The summed E-state index contributed by atoms with van der Waals surface area (Å²) in [6.45, 7) is 4.01. The van der Waals surface area contributed by atoms with Crippen LogP contribution in [0.15, 0.2) is 23.2 Å². The monoisotopic (exact) mass is 359 g/mol. The van der Waals surface area contributed by atoms with Crippen molar-refractivity contribution in [1.82, 2.24) is 15.2 Å². The van der Waals surface area contributed by atoms with Crippen molar-refractivity contribution >= 4 is 10.8 Å². The van der Waals surface area contributed by atoms with Gasteiger partial charge in [-0.1, -0.05) is 0 Å². The summed E-state index contributed by atoms with van der Waals surface area (Å²) < 4.78 is 29.1. The second-order valence-corrected chi connectivity index (χ2v) is 7.21. The molecule has 1 unspecified atom stereocenters. The number of methoxy groups -OCH3 is 1. The van der Waals surface area contributed by atoms with Gasteiger partial charge in [0, 0.05) is 22.9 Å². The third-order valence-electron chi connectivity index (χ3n) is 4.29. The first-order valence-corrected chi connectivity index (χ1v) is 9.06. The number of hydrogen-bond acceptors (Lipinski definition) is 6. The molecule has 1 aromatic heterocycles. The minimum atomic E-state index is -1.29. The lowest BCUT2D eigenvalue weighted by Crippen LogP contribution is -2.05. The van der Waals surface area contributed by atoms with Crippen LogP contribution in [0.25, 0.3) is 11.3 Å². The zero-order chi connectivity index (χ0) is 17.6. The van der Waals surface area contributed by atoms with E-state index in [1.165, 1.54) is 0 Å². The average molecular weight is 359 g/mol. The maximum absolute atomic E-state index is 12.9. The zero-order valence-electron chi connectivity index (χ0n) is 14.1. The van der Waals surface area contributed by atoms with Crippen molar-refractivity contribution in [3.63, 3.8) is 0 Å². The van der Waals surface area contributed by atoms with Gasteiger partial charge in [-0.3, -0.25) is 14.3 Å². The van der Waals surface area contributed by atoms with Crippen molar-refractivity contribution < 1.29 is 18.4 Å². The van der Waals surface area contributed by atoms with Gasteiger partial charge in [0.05, 0.1) is 39.9 Å². The number of ether oxygens (including phenoxy) is 3. The molecule has 0 saturated carbocycles. The number of hydrogen-bond donors (Lipinski definition) is 1. The molecule has 2 aliphatic heterocycles. The number of aromatic amines is 1. The predicted octanol–water partition coefficient (Wildman–Crippen LogP) is 2.57. The van der Waals surface area contributed by atoms with E-state index in [4.69, 9.17) is 14.2 Å². The number of H-pyrrole nitrogens is 1. The number of rotatable bonds is 4. The van der Waals surface area contributed by atoms with Gasteiger partial charge in [-0.05, 0) is 26.0 Å². The van der Waals surface area contributed by atoms with Crippen LogP contribution < -0.4 is 14.2 Å². The van der Waals surface area contributed by atoms with E-state index in [1.54, 1.807) is 13.3 Å². The van der Waals surface area contributed by atoms with E-state index >= 15 is 0 Å². The summed E-state index contributed by atoms with van der Waals surface area (Å²) in [6.07, 6.45) is 1.74. The molecular weight excluding hydrogens is 342 g/mol. The molecule has 1 aliphatic carbocycles. The zero-order valence-corrected chi connectivity index (χ0v) is 14.9. The molecule has 0 saturated heterocycles. The lowest BCUT2D eigenvalue weighted by atomic mass is 10.1. The standard InChI is InChI=1S/C17H17N3O4S/c1-9-6-18-12(10(2)15(9)22-3)7-25(21)13-5-4-11-14(13)19-20-17-16(11)23-8-24-17/h4-6,19H,7-8H2,1-3H3. The van der Waals surface area contributed by atoms with E-state index in [0.717, 1.165) is 28.1 Å². The lowest BCUT2D eigenvalue weighted by molar-refractivity contribution is 0.171. The van der Waals surface area contributed by atoms with Crippen LogP contribution in [-0.2, 0) is 16.6 Å². The van der Waals surface area contributed by atoms with Gasteiger partial charge >= 0.3 is 0 Å². The molecule has 0 radical (unpaired) electrons. The van der Waals surface area contributed by atoms with Crippen LogP contribution in [-0.4, -0.2) is 33.3 Å². The van der Waals surface area contributed by atoms with Crippen molar-refractivity contribution in [3.8, 4) is 28.6 Å². The van der Waals surface area contributed by atoms with Crippen molar-refractivity contribution in [2.75, 3.05) is 13.9 Å². The molecule has 4 rings (SSSR count). The molecule has 0 spiro atoms. The van der Waals surface area contributed by atoms with Crippen LogP contribution in [0.3, 0.4) is 0 Å². The lowest BCUT2D eigenvalue weighted by Gasteiger charge is -2.12. The first-order chi connectivity index (χ1) is 12.1. The normalized spacial score (nSPS) is 14.0. The summed E-state index contributed by atoms with van der Waals surface area (Å²) >= 11 is 0. The molecule has 7 nitrogen and oxygen atoms in total. The number of pyridine rings is 1. The van der Waals surface area contributed by atoms with E-state index in [1.807, 2.05) is 26.0 Å². The van der Waals surface area contributed by atoms with Gasteiger partial charge in [-0.25, -0.2) is 0 Å². The molecule has 8 heteroatoms. The summed E-state index contributed by atoms with van der Waals surface area (Å²) in [6, 6.07) is 3.69. The third kappa shape index (κ3) is 2.53. The number of nitrogens with zero attached hydrogens (tertiary/aromatic N) is 2. The topological polar surface area (TPSA) is 86.3 Å². The average Bonchev–Trinajstić information content (AvgIpc) is 3.23. The highest BCUT2D eigenvalue weighted by Gasteiger charge is 2.27. The molecule has 0 amide bonds. The van der Waals surface area contributed by atoms with Gasteiger partial charge in [0.25, 0.3) is 5.88 Å². The van der Waals surface area contributed by atoms with E-state index in [0.29, 0.717) is 28.0 Å². The molecule has 25 heavy (non-hydrogen) atoms. The Hall–Kier alpha value is -2.61. The van der Waals surface area contributed by atoms with Crippen LogP contribution in [0, 0.1) is 13.8 Å². The van der Waals surface area contributed by atoms with E-state index in [-0.39, 0.29) is 6.79 Å². The van der Waals surface area contributed by atoms with Gasteiger partial charge < -0.3 is 14.2 Å². The van der Waals surface area contributed by atoms with Crippen molar-refractivity contribution in [2.45, 2.75) is 24.5 Å². The van der Waals surface area contributed by atoms with Crippen LogP contribution in [0.1, 0.15) is 16.8 Å². The first kappa shape index (κ1) is 15.9. The highest BCUT2D eigenvalue weighted by molar-refractivity contribution is 7.84. The molecule has 1 aromatic rings. The largest absolute Gasteiger partial charge is 0.496 e. The van der Waals surface area contributed by atoms with Crippen LogP contribution in [0.5, 0.6) is 17.4 Å². The van der Waals surface area contributed by atoms with Gasteiger partial charge in [0.2, 0.25) is 6.79 Å². The van der Waals surface area contributed by atoms with Crippen molar-refractivity contribution in [3.05, 3.63) is 35.2 Å². The Morgan fingerprint density at radius 1 is 1.32 bits per heavy atom. The van der Waals surface area contributed by atoms with Crippen molar-refractivity contribution in [2.24, 2.45) is 0 Å². The smallest absolute Gasteiger partial charge is 0.277 e. The molecule has 3 heterocycles. The highest BCUT2D eigenvalue weighted by Crippen LogP contribution is 2.43. The Morgan fingerprint density at radius 2 is 2.16 bits per heavy atom. The van der Waals surface area contributed by atoms with E-state index < -0.39 is 10.8 Å². The molecular formula is C17H17N3O4S. The SMILES string of the molecule is COc1c(C)cnc(CS(=O)c2ccc3c4c(n[nH]c2-3)OCO4)c1C. The number of fused-ring (bicyclic) bond motifs is 3. The number of aromatic nitrogens is 3. The number of aryl methyl sites for hydroxylation is 1. The third-order valence-corrected chi connectivity index (χ3v) is 5.65. The van der Waals surface area contributed by atoms with Crippen LogP contribution in [0.4, 0.5) is 0 Å².